The van der Waals surface area contributed by atoms with Crippen molar-refractivity contribution in [3.63, 3.8) is 0 Å². The number of carboxylic acid groups (broad SMARTS) is 1. The highest BCUT2D eigenvalue weighted by atomic mass is 27.0. The van der Waals surface area contributed by atoms with E-state index >= 15 is 0 Å². The first-order chi connectivity index (χ1) is 2.77. The highest BCUT2D eigenvalue weighted by molar-refractivity contribution is 5.79. The Balaban J connectivity index is 0. The SMILES string of the molecule is CC=CC(=O)O.[AlH3]. The van der Waals surface area contributed by atoms with Gasteiger partial charge in [-0.3, -0.25) is 0 Å². The van der Waals surface area contributed by atoms with Crippen LogP contribution in [-0.4, -0.2) is 28.4 Å². The summed E-state index contributed by atoms with van der Waals surface area (Å²) in [5.41, 5.74) is 0. The molecular formula is C4H9AlO2. The summed E-state index contributed by atoms with van der Waals surface area (Å²) in [6.07, 6.45) is 2.56. The van der Waals surface area contributed by atoms with Crippen molar-refractivity contribution in [3.8, 4) is 0 Å². The molecule has 0 aromatic carbocycles. The molecule has 0 unspecified atom stereocenters. The number of allylic oxidation sites excluding steroid dienone is 1. The van der Waals surface area contributed by atoms with Gasteiger partial charge in [0.25, 0.3) is 0 Å². The highest BCUT2D eigenvalue weighted by Crippen LogP contribution is 1.65. The molecule has 0 aromatic rings. The first kappa shape index (κ1) is 9.89. The highest BCUT2D eigenvalue weighted by Gasteiger charge is 1.76. The summed E-state index contributed by atoms with van der Waals surface area (Å²) >= 11 is 0. The molecule has 0 amide bonds. The maximum absolute atomic E-state index is 9.51. The molecule has 2 nitrogen and oxygen atoms in total. The molecule has 40 valence electrons. The molecule has 0 aromatic heterocycles. The molecule has 0 fully saturated rings. The molecule has 0 aliphatic carbocycles. The number of hydrogen-bond donors (Lipinski definition) is 1. The molecule has 0 radical (unpaired) electrons. The molecule has 0 rings (SSSR count). The second-order valence-electron chi connectivity index (χ2n) is 0.838. The Kier molecular flexibility index (Phi) is 8.11. The molecule has 0 atom stereocenters. The van der Waals surface area contributed by atoms with Crippen molar-refractivity contribution in [1.82, 2.24) is 0 Å². The summed E-state index contributed by atoms with van der Waals surface area (Å²) in [6, 6.07) is 0. The fourth-order valence-corrected chi connectivity index (χ4v) is 0.143. The summed E-state index contributed by atoms with van der Waals surface area (Å²) in [4.78, 5) is 9.51. The Morgan fingerprint density at radius 3 is 2.14 bits per heavy atom. The van der Waals surface area contributed by atoms with Gasteiger partial charge >= 0.3 is 5.97 Å². The lowest BCUT2D eigenvalue weighted by Crippen LogP contribution is -1.83. The van der Waals surface area contributed by atoms with Crippen molar-refractivity contribution in [3.05, 3.63) is 12.2 Å². The minimum atomic E-state index is -0.891. The molecule has 7 heavy (non-hydrogen) atoms. The largest absolute Gasteiger partial charge is 0.478 e. The number of carbonyl (C=O) groups is 1. The van der Waals surface area contributed by atoms with Crippen LogP contribution in [-0.2, 0) is 4.79 Å². The molecule has 0 saturated heterocycles. The van der Waals surface area contributed by atoms with Crippen molar-refractivity contribution < 1.29 is 9.90 Å². The standard InChI is InChI=1S/C4H6O2.Al.3H/c1-2-3-4(5)6;;;;/h2-3H,1H3,(H,5,6);;;;. The van der Waals surface area contributed by atoms with E-state index in [-0.39, 0.29) is 17.4 Å². The summed E-state index contributed by atoms with van der Waals surface area (Å²) in [5.74, 6) is -0.891. The Morgan fingerprint density at radius 2 is 2.14 bits per heavy atom. The van der Waals surface area contributed by atoms with E-state index < -0.39 is 5.97 Å². The maximum Gasteiger partial charge on any atom is 0.327 e. The first-order valence-electron chi connectivity index (χ1n) is 1.63. The predicted octanol–water partition coefficient (Wildman–Crippen LogP) is -0.537. The van der Waals surface area contributed by atoms with Gasteiger partial charge in [0.05, 0.1) is 0 Å². The number of carboxylic acids is 1. The van der Waals surface area contributed by atoms with Gasteiger partial charge in [-0.05, 0) is 6.92 Å². The maximum atomic E-state index is 9.51. The summed E-state index contributed by atoms with van der Waals surface area (Å²) in [6.45, 7) is 1.66. The van der Waals surface area contributed by atoms with Gasteiger partial charge in [-0.15, -0.1) is 0 Å². The van der Waals surface area contributed by atoms with E-state index in [9.17, 15) is 4.79 Å². The van der Waals surface area contributed by atoms with Crippen LogP contribution < -0.4 is 0 Å². The Morgan fingerprint density at radius 1 is 1.71 bits per heavy atom. The molecule has 0 heterocycles. The molecule has 3 heteroatoms. The minimum absolute atomic E-state index is 0. The van der Waals surface area contributed by atoms with Crippen LogP contribution in [0.25, 0.3) is 0 Å². The van der Waals surface area contributed by atoms with E-state index in [0.29, 0.717) is 0 Å². The van der Waals surface area contributed by atoms with Crippen molar-refractivity contribution >= 4 is 23.3 Å². The first-order valence-corrected chi connectivity index (χ1v) is 1.63. The van der Waals surface area contributed by atoms with E-state index in [1.807, 2.05) is 0 Å². The normalized spacial score (nSPS) is 8.14. The Labute approximate surface area is 53.0 Å². The van der Waals surface area contributed by atoms with Crippen molar-refractivity contribution in [2.24, 2.45) is 0 Å². The smallest absolute Gasteiger partial charge is 0.327 e. The third kappa shape index (κ3) is 10.7. The van der Waals surface area contributed by atoms with Gasteiger partial charge < -0.3 is 5.11 Å². The number of hydrogen-bond acceptors (Lipinski definition) is 1. The van der Waals surface area contributed by atoms with Gasteiger partial charge in [0.1, 0.15) is 0 Å². The van der Waals surface area contributed by atoms with Crippen molar-refractivity contribution in [1.29, 1.82) is 0 Å². The van der Waals surface area contributed by atoms with Crippen LogP contribution in [0.2, 0.25) is 0 Å². The minimum Gasteiger partial charge on any atom is -0.478 e. The molecule has 1 N–H and O–H groups in total. The quantitative estimate of drug-likeness (QED) is 0.369. The van der Waals surface area contributed by atoms with Gasteiger partial charge in [0, 0.05) is 6.08 Å². The van der Waals surface area contributed by atoms with Crippen LogP contribution in [0.3, 0.4) is 0 Å². The van der Waals surface area contributed by atoms with Gasteiger partial charge in [-0.2, -0.15) is 0 Å². The lowest BCUT2D eigenvalue weighted by Gasteiger charge is -1.68. The molecular weight excluding hydrogens is 107 g/mol. The lowest BCUT2D eigenvalue weighted by atomic mass is 10.5. The van der Waals surface area contributed by atoms with Crippen LogP contribution >= 0.6 is 0 Å². The second-order valence-corrected chi connectivity index (χ2v) is 0.838. The van der Waals surface area contributed by atoms with E-state index in [2.05, 4.69) is 0 Å². The topological polar surface area (TPSA) is 37.3 Å². The fourth-order valence-electron chi connectivity index (χ4n) is 0.143. The van der Waals surface area contributed by atoms with Crippen molar-refractivity contribution in [2.75, 3.05) is 0 Å². The zero-order valence-corrected chi connectivity index (χ0v) is 3.51. The average molecular weight is 116 g/mol. The van der Waals surface area contributed by atoms with Crippen LogP contribution in [0.1, 0.15) is 6.92 Å². The number of aliphatic carboxylic acids is 1. The lowest BCUT2D eigenvalue weighted by molar-refractivity contribution is -0.131. The zero-order valence-electron chi connectivity index (χ0n) is 3.51. The van der Waals surface area contributed by atoms with Gasteiger partial charge in [-0.1, -0.05) is 6.08 Å². The molecule has 0 bridgehead atoms. The van der Waals surface area contributed by atoms with E-state index in [4.69, 9.17) is 5.11 Å². The van der Waals surface area contributed by atoms with E-state index in [0.717, 1.165) is 6.08 Å². The predicted molar refractivity (Wildman–Crippen MR) is 32.4 cm³/mol. The third-order valence-corrected chi connectivity index (χ3v) is 0.309. The summed E-state index contributed by atoms with van der Waals surface area (Å²) in [7, 11) is 0. The van der Waals surface area contributed by atoms with Gasteiger partial charge in [-0.25, -0.2) is 4.79 Å². The fraction of sp³-hybridized carbons (Fsp3) is 0.250. The summed E-state index contributed by atoms with van der Waals surface area (Å²) < 4.78 is 0. The monoisotopic (exact) mass is 116 g/mol. The van der Waals surface area contributed by atoms with E-state index in [1.54, 1.807) is 6.92 Å². The average Bonchev–Trinajstić information content (AvgIpc) is 1.35. The zero-order chi connectivity index (χ0) is 4.99. The van der Waals surface area contributed by atoms with Crippen LogP contribution in [0.5, 0.6) is 0 Å². The van der Waals surface area contributed by atoms with Crippen LogP contribution in [0.15, 0.2) is 12.2 Å². The van der Waals surface area contributed by atoms with Gasteiger partial charge in [0.15, 0.2) is 17.4 Å². The molecule has 0 aliphatic heterocycles. The second kappa shape index (κ2) is 5.74. The van der Waals surface area contributed by atoms with E-state index in [1.165, 1.54) is 6.08 Å². The summed E-state index contributed by atoms with van der Waals surface area (Å²) in [5, 5.41) is 7.83. The van der Waals surface area contributed by atoms with Crippen LogP contribution in [0, 0.1) is 0 Å². The molecule has 0 spiro atoms. The Hall–Kier alpha value is -0.258. The molecule has 0 aliphatic rings. The molecule has 0 saturated carbocycles. The van der Waals surface area contributed by atoms with Crippen molar-refractivity contribution in [2.45, 2.75) is 6.92 Å². The van der Waals surface area contributed by atoms with Crippen LogP contribution in [0.4, 0.5) is 0 Å². The Bertz CT molecular complexity index is 77.8. The number of rotatable bonds is 1. The van der Waals surface area contributed by atoms with Gasteiger partial charge in [0.2, 0.25) is 0 Å². The third-order valence-electron chi connectivity index (χ3n) is 0.309.